The van der Waals surface area contributed by atoms with Crippen molar-refractivity contribution in [3.05, 3.63) is 108 Å². The molecule has 40 heavy (non-hydrogen) atoms. The number of ketones is 1. The van der Waals surface area contributed by atoms with Crippen molar-refractivity contribution in [1.82, 2.24) is 19.9 Å². The van der Waals surface area contributed by atoms with E-state index in [9.17, 15) is 19.2 Å². The zero-order valence-electron chi connectivity index (χ0n) is 22.6. The highest BCUT2D eigenvalue weighted by molar-refractivity contribution is 6.29. The minimum absolute atomic E-state index is 0.0898. The molecule has 4 rings (SSSR count). The van der Waals surface area contributed by atoms with Gasteiger partial charge in [-0.15, -0.1) is 0 Å². The van der Waals surface area contributed by atoms with Crippen molar-refractivity contribution < 1.29 is 19.2 Å². The lowest BCUT2D eigenvalue weighted by Crippen LogP contribution is -2.63. The Kier molecular flexibility index (Phi) is 8.63. The first-order valence-corrected chi connectivity index (χ1v) is 13.0. The van der Waals surface area contributed by atoms with Crippen molar-refractivity contribution in [2.24, 2.45) is 5.92 Å². The molecular formula is C31H31N5O4. The molecule has 1 aliphatic heterocycles. The van der Waals surface area contributed by atoms with Crippen molar-refractivity contribution in [3.8, 4) is 0 Å². The Labute approximate surface area is 233 Å². The van der Waals surface area contributed by atoms with Gasteiger partial charge in [0.25, 0.3) is 11.8 Å². The summed E-state index contributed by atoms with van der Waals surface area (Å²) in [6.45, 7) is 4.92. The first kappa shape index (κ1) is 28.1. The van der Waals surface area contributed by atoms with Gasteiger partial charge in [0.1, 0.15) is 12.1 Å². The summed E-state index contributed by atoms with van der Waals surface area (Å²) in [5, 5.41) is 10.1. The Morgan fingerprint density at radius 3 is 2.12 bits per heavy atom. The van der Waals surface area contributed by atoms with E-state index in [2.05, 4.69) is 4.98 Å². The smallest absolute Gasteiger partial charge is 0.269 e. The van der Waals surface area contributed by atoms with Gasteiger partial charge in [0.05, 0.1) is 11.9 Å². The van der Waals surface area contributed by atoms with Crippen molar-refractivity contribution in [2.75, 3.05) is 0 Å². The molecule has 0 fully saturated rings. The van der Waals surface area contributed by atoms with E-state index >= 15 is 0 Å². The van der Waals surface area contributed by atoms with Crippen molar-refractivity contribution >= 4 is 35.4 Å². The predicted molar refractivity (Wildman–Crippen MR) is 151 cm³/mol. The Bertz CT molecular complexity index is 1420. The molecule has 1 aromatic heterocycles. The van der Waals surface area contributed by atoms with Gasteiger partial charge in [0.2, 0.25) is 5.91 Å². The van der Waals surface area contributed by atoms with E-state index in [4.69, 9.17) is 5.41 Å². The summed E-state index contributed by atoms with van der Waals surface area (Å²) >= 11 is 0. The van der Waals surface area contributed by atoms with E-state index in [0.717, 1.165) is 10.6 Å². The van der Waals surface area contributed by atoms with E-state index in [1.165, 1.54) is 29.2 Å². The molecule has 9 nitrogen and oxygen atoms in total. The maximum atomic E-state index is 14.4. The van der Waals surface area contributed by atoms with E-state index in [1.54, 1.807) is 42.6 Å². The van der Waals surface area contributed by atoms with Crippen LogP contribution in [0.25, 0.3) is 5.70 Å². The Balaban J connectivity index is 1.92. The summed E-state index contributed by atoms with van der Waals surface area (Å²) in [5.41, 5.74) is 1.95. The third-order valence-corrected chi connectivity index (χ3v) is 6.69. The van der Waals surface area contributed by atoms with Gasteiger partial charge in [0.15, 0.2) is 5.78 Å². The summed E-state index contributed by atoms with van der Waals surface area (Å²) in [6.07, 6.45) is 5.34. The van der Waals surface area contributed by atoms with E-state index in [0.29, 0.717) is 17.3 Å². The first-order chi connectivity index (χ1) is 19.2. The van der Waals surface area contributed by atoms with Gasteiger partial charge >= 0.3 is 0 Å². The molecule has 0 radical (unpaired) electrons. The minimum Gasteiger partial charge on any atom is -0.305 e. The molecule has 0 bridgehead atoms. The maximum absolute atomic E-state index is 14.4. The standard InChI is InChI=1S/C31H31N5O4/c1-21(2)29-31(40)36(35(22(3)37)26(28(38)19-32)18-23-10-6-4-7-11-23)27(24-12-8-5-9-13-24)20-34(29)30(39)25-14-16-33-17-15-25/h4-17,19-21,26,29,32H,18H2,1-3H3/t26-,29+/m0/s1. The average molecular weight is 538 g/mol. The summed E-state index contributed by atoms with van der Waals surface area (Å²) in [7, 11) is 0. The van der Waals surface area contributed by atoms with Gasteiger partial charge in [-0.05, 0) is 23.6 Å². The molecule has 0 aliphatic carbocycles. The molecule has 0 saturated heterocycles. The number of hydrogen-bond acceptors (Lipinski definition) is 6. The lowest BCUT2D eigenvalue weighted by molar-refractivity contribution is -0.165. The van der Waals surface area contributed by atoms with Crippen molar-refractivity contribution in [2.45, 2.75) is 39.3 Å². The fourth-order valence-electron chi connectivity index (χ4n) is 4.83. The van der Waals surface area contributed by atoms with Crippen LogP contribution in [0, 0.1) is 11.3 Å². The Hall–Kier alpha value is -4.92. The predicted octanol–water partition coefficient (Wildman–Crippen LogP) is 3.98. The summed E-state index contributed by atoms with van der Waals surface area (Å²) in [6, 6.07) is 19.0. The van der Waals surface area contributed by atoms with Gasteiger partial charge in [-0.3, -0.25) is 29.1 Å². The van der Waals surface area contributed by atoms with Crippen LogP contribution in [0.5, 0.6) is 0 Å². The molecule has 3 aromatic rings. The number of pyridine rings is 1. The second-order valence-corrected chi connectivity index (χ2v) is 9.78. The Morgan fingerprint density at radius 2 is 1.57 bits per heavy atom. The zero-order valence-corrected chi connectivity index (χ0v) is 22.6. The lowest BCUT2D eigenvalue weighted by Gasteiger charge is -2.46. The molecule has 3 amide bonds. The minimum atomic E-state index is -1.16. The number of nitrogens with one attached hydrogen (secondary N) is 1. The fraction of sp³-hybridized carbons (Fsp3) is 0.226. The molecule has 2 atom stereocenters. The fourth-order valence-corrected chi connectivity index (χ4v) is 4.83. The highest BCUT2D eigenvalue weighted by Gasteiger charge is 2.46. The van der Waals surface area contributed by atoms with Crippen LogP contribution in [0.1, 0.15) is 42.3 Å². The number of nitrogens with zero attached hydrogens (tertiary/aromatic N) is 4. The number of benzene rings is 2. The van der Waals surface area contributed by atoms with E-state index < -0.39 is 35.6 Å². The van der Waals surface area contributed by atoms with Gasteiger partial charge in [0, 0.05) is 43.1 Å². The maximum Gasteiger partial charge on any atom is 0.269 e. The summed E-state index contributed by atoms with van der Waals surface area (Å²) in [4.78, 5) is 60.0. The number of amides is 3. The van der Waals surface area contributed by atoms with Gasteiger partial charge in [-0.25, -0.2) is 10.0 Å². The van der Waals surface area contributed by atoms with Crippen LogP contribution in [-0.2, 0) is 20.8 Å². The lowest BCUT2D eigenvalue weighted by atomic mass is 9.96. The highest BCUT2D eigenvalue weighted by atomic mass is 16.2. The molecule has 1 N–H and O–H groups in total. The second-order valence-electron chi connectivity index (χ2n) is 9.78. The van der Waals surface area contributed by atoms with Crippen LogP contribution in [0.2, 0.25) is 0 Å². The Morgan fingerprint density at radius 1 is 0.975 bits per heavy atom. The number of rotatable bonds is 9. The van der Waals surface area contributed by atoms with Crippen LogP contribution in [0.4, 0.5) is 0 Å². The van der Waals surface area contributed by atoms with Gasteiger partial charge in [-0.1, -0.05) is 74.5 Å². The third kappa shape index (κ3) is 5.73. The van der Waals surface area contributed by atoms with Crippen LogP contribution in [0.3, 0.4) is 0 Å². The molecule has 2 aromatic carbocycles. The first-order valence-electron chi connectivity index (χ1n) is 13.0. The van der Waals surface area contributed by atoms with Gasteiger partial charge < -0.3 is 5.41 Å². The van der Waals surface area contributed by atoms with Crippen LogP contribution in [-0.4, -0.2) is 61.7 Å². The van der Waals surface area contributed by atoms with Gasteiger partial charge in [-0.2, -0.15) is 0 Å². The molecule has 2 heterocycles. The number of carbonyl (C=O) groups excluding carboxylic acids is 4. The SMILES string of the molecule is CC(=O)N([C@@H](Cc1ccccc1)C(=O)C=N)N1C(=O)[C@@H](C(C)C)N(C(=O)c2ccncc2)C=C1c1ccccc1. The highest BCUT2D eigenvalue weighted by Crippen LogP contribution is 2.34. The number of Topliss-reactive ketones (excluding diaryl/α,β-unsaturated/α-hetero) is 1. The molecule has 1 aliphatic rings. The average Bonchev–Trinajstić information content (AvgIpc) is 2.97. The monoisotopic (exact) mass is 537 g/mol. The third-order valence-electron chi connectivity index (χ3n) is 6.69. The molecular weight excluding hydrogens is 506 g/mol. The number of carbonyl (C=O) groups is 4. The second kappa shape index (κ2) is 12.3. The van der Waals surface area contributed by atoms with E-state index in [-0.39, 0.29) is 18.0 Å². The quantitative estimate of drug-likeness (QED) is 0.415. The molecule has 9 heteroatoms. The molecule has 0 unspecified atom stereocenters. The summed E-state index contributed by atoms with van der Waals surface area (Å²) < 4.78 is 0. The molecule has 0 spiro atoms. The molecule has 204 valence electrons. The van der Waals surface area contributed by atoms with Crippen molar-refractivity contribution in [3.63, 3.8) is 0 Å². The van der Waals surface area contributed by atoms with Crippen LogP contribution >= 0.6 is 0 Å². The largest absolute Gasteiger partial charge is 0.305 e. The molecule has 0 saturated carbocycles. The zero-order chi connectivity index (χ0) is 28.8. The van der Waals surface area contributed by atoms with Crippen LogP contribution < -0.4 is 0 Å². The van der Waals surface area contributed by atoms with E-state index in [1.807, 2.05) is 50.2 Å². The number of hydrogen-bond donors (Lipinski definition) is 1. The van der Waals surface area contributed by atoms with Crippen LogP contribution in [0.15, 0.2) is 91.4 Å². The number of hydrazine groups is 1. The summed E-state index contributed by atoms with van der Waals surface area (Å²) in [5.74, 6) is -2.45. The normalized spacial score (nSPS) is 15.8. The number of aromatic nitrogens is 1. The topological polar surface area (TPSA) is 115 Å². The van der Waals surface area contributed by atoms with Crippen molar-refractivity contribution in [1.29, 1.82) is 5.41 Å².